The Bertz CT molecular complexity index is 1200. The number of carbonyl (C=O) groups is 2. The molecule has 6 nitrogen and oxygen atoms in total. The lowest BCUT2D eigenvalue weighted by molar-refractivity contribution is -0.143. The molecule has 1 atom stereocenters. The zero-order chi connectivity index (χ0) is 26.7. The highest BCUT2D eigenvalue weighted by molar-refractivity contribution is 5.88. The molecule has 1 fully saturated rings. The third kappa shape index (κ3) is 7.34. The van der Waals surface area contributed by atoms with Gasteiger partial charge in [-0.2, -0.15) is 0 Å². The second-order valence-corrected chi connectivity index (χ2v) is 9.60. The molecule has 2 amide bonds. The van der Waals surface area contributed by atoms with Gasteiger partial charge in [0.2, 0.25) is 5.91 Å². The monoisotopic (exact) mass is 518 g/mol. The molecule has 1 aliphatic carbocycles. The molecule has 0 aromatic heterocycles. The standard InChI is InChI=1S/C31H35FN2O4/c1-37-28-18-10-11-19-29(28)38-22-30(35)34(21-24-14-8-9-17-26(24)32)27(20-23-12-4-2-5-13-23)31(36)33-25-15-6-3-7-16-25/h2,4-5,8-14,17-19,25,27H,3,6-7,15-16,20-22H2,1H3,(H,33,36)/t27-/m0/s1. The molecule has 1 saturated carbocycles. The molecule has 38 heavy (non-hydrogen) atoms. The predicted octanol–water partition coefficient (Wildman–Crippen LogP) is 5.30. The Labute approximate surface area is 223 Å². The number of benzene rings is 3. The summed E-state index contributed by atoms with van der Waals surface area (Å²) >= 11 is 0. The summed E-state index contributed by atoms with van der Waals surface area (Å²) in [5.41, 5.74) is 1.25. The van der Waals surface area contributed by atoms with E-state index in [9.17, 15) is 14.0 Å². The average molecular weight is 519 g/mol. The first kappa shape index (κ1) is 27.2. The molecule has 1 N–H and O–H groups in total. The van der Waals surface area contributed by atoms with Crippen molar-refractivity contribution in [3.63, 3.8) is 0 Å². The van der Waals surface area contributed by atoms with Crippen molar-refractivity contribution in [3.8, 4) is 11.5 Å². The van der Waals surface area contributed by atoms with E-state index in [4.69, 9.17) is 9.47 Å². The Morgan fingerprint density at radius 2 is 1.58 bits per heavy atom. The summed E-state index contributed by atoms with van der Waals surface area (Å²) in [6.07, 6.45) is 5.44. The van der Waals surface area contributed by atoms with Gasteiger partial charge in [0.25, 0.3) is 5.91 Å². The molecule has 0 heterocycles. The Morgan fingerprint density at radius 3 is 2.29 bits per heavy atom. The maximum atomic E-state index is 14.7. The van der Waals surface area contributed by atoms with Gasteiger partial charge in [0, 0.05) is 24.6 Å². The van der Waals surface area contributed by atoms with Crippen LogP contribution in [0.5, 0.6) is 11.5 Å². The van der Waals surface area contributed by atoms with E-state index in [1.807, 2.05) is 36.4 Å². The number of methoxy groups -OCH3 is 1. The van der Waals surface area contributed by atoms with Crippen LogP contribution < -0.4 is 14.8 Å². The van der Waals surface area contributed by atoms with Gasteiger partial charge in [0.05, 0.1) is 7.11 Å². The zero-order valence-corrected chi connectivity index (χ0v) is 21.8. The molecule has 0 bridgehead atoms. The van der Waals surface area contributed by atoms with Gasteiger partial charge in [-0.15, -0.1) is 0 Å². The van der Waals surface area contributed by atoms with Crippen molar-refractivity contribution in [2.75, 3.05) is 13.7 Å². The lowest BCUT2D eigenvalue weighted by atomic mass is 9.94. The number of hydrogen-bond donors (Lipinski definition) is 1. The molecule has 0 aliphatic heterocycles. The molecule has 7 heteroatoms. The Balaban J connectivity index is 1.63. The lowest BCUT2D eigenvalue weighted by Crippen LogP contribution is -2.53. The average Bonchev–Trinajstić information content (AvgIpc) is 2.95. The number of nitrogens with zero attached hydrogens (tertiary/aromatic N) is 1. The first-order valence-corrected chi connectivity index (χ1v) is 13.2. The molecule has 0 spiro atoms. The summed E-state index contributed by atoms with van der Waals surface area (Å²) in [6.45, 7) is -0.382. The predicted molar refractivity (Wildman–Crippen MR) is 144 cm³/mol. The molecule has 1 aliphatic rings. The second kappa shape index (κ2) is 13.6. The largest absolute Gasteiger partial charge is 0.493 e. The van der Waals surface area contributed by atoms with E-state index in [1.54, 1.807) is 36.4 Å². The summed E-state index contributed by atoms with van der Waals surface area (Å²) < 4.78 is 25.9. The van der Waals surface area contributed by atoms with E-state index in [0.717, 1.165) is 37.7 Å². The van der Waals surface area contributed by atoms with Crippen LogP contribution in [-0.4, -0.2) is 42.5 Å². The first-order chi connectivity index (χ1) is 18.5. The number of amides is 2. The highest BCUT2D eigenvalue weighted by Crippen LogP contribution is 2.26. The van der Waals surface area contributed by atoms with E-state index < -0.39 is 17.8 Å². The van der Waals surface area contributed by atoms with E-state index >= 15 is 0 Å². The van der Waals surface area contributed by atoms with Crippen LogP contribution in [0.15, 0.2) is 78.9 Å². The van der Waals surface area contributed by atoms with Crippen molar-refractivity contribution in [2.45, 2.75) is 57.2 Å². The van der Waals surface area contributed by atoms with Crippen molar-refractivity contribution in [2.24, 2.45) is 0 Å². The van der Waals surface area contributed by atoms with Crippen LogP contribution in [-0.2, 0) is 22.6 Å². The summed E-state index contributed by atoms with van der Waals surface area (Å²) in [5.74, 6) is -0.166. The van der Waals surface area contributed by atoms with Crippen LogP contribution in [0.25, 0.3) is 0 Å². The summed E-state index contributed by atoms with van der Waals surface area (Å²) in [4.78, 5) is 28.9. The van der Waals surface area contributed by atoms with E-state index in [0.29, 0.717) is 23.5 Å². The number of rotatable bonds is 11. The van der Waals surface area contributed by atoms with Crippen LogP contribution in [0.1, 0.15) is 43.2 Å². The maximum Gasteiger partial charge on any atom is 0.261 e. The van der Waals surface area contributed by atoms with Gasteiger partial charge in [-0.05, 0) is 36.6 Å². The summed E-state index contributed by atoms with van der Waals surface area (Å²) in [6, 6.07) is 22.2. The molecule has 3 aromatic rings. The fourth-order valence-corrected chi connectivity index (χ4v) is 4.87. The van der Waals surface area contributed by atoms with E-state index in [1.165, 1.54) is 18.1 Å². The number of para-hydroxylation sites is 2. The highest BCUT2D eigenvalue weighted by Gasteiger charge is 2.32. The highest BCUT2D eigenvalue weighted by atomic mass is 19.1. The molecule has 4 rings (SSSR count). The van der Waals surface area contributed by atoms with Crippen LogP contribution in [0.2, 0.25) is 0 Å². The molecule has 200 valence electrons. The topological polar surface area (TPSA) is 67.9 Å². The number of hydrogen-bond acceptors (Lipinski definition) is 4. The second-order valence-electron chi connectivity index (χ2n) is 9.60. The minimum absolute atomic E-state index is 0.0591. The third-order valence-electron chi connectivity index (χ3n) is 6.94. The Morgan fingerprint density at radius 1 is 0.921 bits per heavy atom. The molecular formula is C31H35FN2O4. The van der Waals surface area contributed by atoms with Crippen molar-refractivity contribution in [1.29, 1.82) is 0 Å². The minimum Gasteiger partial charge on any atom is -0.493 e. The molecule has 0 radical (unpaired) electrons. The molecular weight excluding hydrogens is 483 g/mol. The zero-order valence-electron chi connectivity index (χ0n) is 21.8. The van der Waals surface area contributed by atoms with Crippen molar-refractivity contribution in [1.82, 2.24) is 10.2 Å². The van der Waals surface area contributed by atoms with Gasteiger partial charge in [0.1, 0.15) is 11.9 Å². The molecule has 3 aromatic carbocycles. The van der Waals surface area contributed by atoms with Gasteiger partial charge in [-0.25, -0.2) is 4.39 Å². The Kier molecular flexibility index (Phi) is 9.73. The van der Waals surface area contributed by atoms with Crippen LogP contribution in [0, 0.1) is 5.82 Å². The smallest absolute Gasteiger partial charge is 0.261 e. The SMILES string of the molecule is COc1ccccc1OCC(=O)N(Cc1ccccc1F)[C@@H](Cc1ccccc1)C(=O)NC1CCCCC1. The van der Waals surface area contributed by atoms with E-state index in [2.05, 4.69) is 5.32 Å². The first-order valence-electron chi connectivity index (χ1n) is 13.2. The van der Waals surface area contributed by atoms with Crippen molar-refractivity contribution < 1.29 is 23.5 Å². The fourth-order valence-electron chi connectivity index (χ4n) is 4.87. The van der Waals surface area contributed by atoms with Gasteiger partial charge in [-0.1, -0.05) is 79.9 Å². The number of ether oxygens (including phenoxy) is 2. The van der Waals surface area contributed by atoms with Gasteiger partial charge in [-0.3, -0.25) is 9.59 Å². The van der Waals surface area contributed by atoms with Crippen molar-refractivity contribution in [3.05, 3.63) is 95.8 Å². The van der Waals surface area contributed by atoms with Gasteiger partial charge in [0.15, 0.2) is 18.1 Å². The summed E-state index contributed by atoms with van der Waals surface area (Å²) in [7, 11) is 1.53. The number of halogens is 1. The van der Waals surface area contributed by atoms with Gasteiger partial charge < -0.3 is 19.7 Å². The maximum absolute atomic E-state index is 14.7. The normalized spacial score (nSPS) is 14.4. The quantitative estimate of drug-likeness (QED) is 0.374. The van der Waals surface area contributed by atoms with Crippen LogP contribution in [0.4, 0.5) is 4.39 Å². The van der Waals surface area contributed by atoms with Crippen molar-refractivity contribution >= 4 is 11.8 Å². The number of carbonyl (C=O) groups excluding carboxylic acids is 2. The minimum atomic E-state index is -0.840. The fraction of sp³-hybridized carbons (Fsp3) is 0.355. The van der Waals surface area contributed by atoms with Crippen LogP contribution in [0.3, 0.4) is 0 Å². The molecule has 0 unspecified atom stereocenters. The number of nitrogens with one attached hydrogen (secondary N) is 1. The van der Waals surface area contributed by atoms with Crippen LogP contribution >= 0.6 is 0 Å². The molecule has 0 saturated heterocycles. The van der Waals surface area contributed by atoms with Gasteiger partial charge >= 0.3 is 0 Å². The lowest BCUT2D eigenvalue weighted by Gasteiger charge is -2.33. The Hall–Kier alpha value is -3.87. The third-order valence-corrected chi connectivity index (χ3v) is 6.94. The summed E-state index contributed by atoms with van der Waals surface area (Å²) in [5, 5.41) is 3.18. The van der Waals surface area contributed by atoms with E-state index in [-0.39, 0.29) is 25.1 Å².